The summed E-state index contributed by atoms with van der Waals surface area (Å²) < 4.78 is 15.6. The van der Waals surface area contributed by atoms with E-state index >= 15 is 0 Å². The fourth-order valence-corrected chi connectivity index (χ4v) is 2.77. The van der Waals surface area contributed by atoms with Crippen LogP contribution in [0.4, 0.5) is 4.39 Å². The van der Waals surface area contributed by atoms with Crippen molar-refractivity contribution in [1.29, 1.82) is 0 Å². The molecule has 0 atom stereocenters. The summed E-state index contributed by atoms with van der Waals surface area (Å²) in [4.78, 5) is 16.5. The number of aryl methyl sites for hydroxylation is 2. The number of carbonyl (C=O) groups is 1. The number of hydrogen-bond acceptors (Lipinski definition) is 2. The molecule has 0 spiro atoms. The van der Waals surface area contributed by atoms with E-state index in [9.17, 15) is 9.18 Å². The van der Waals surface area contributed by atoms with Gasteiger partial charge in [-0.3, -0.25) is 4.79 Å². The van der Waals surface area contributed by atoms with Crippen LogP contribution in [-0.2, 0) is 24.7 Å². The highest BCUT2D eigenvalue weighted by Crippen LogP contribution is 2.14. The number of benzene rings is 2. The van der Waals surface area contributed by atoms with Gasteiger partial charge in [0.1, 0.15) is 11.6 Å². The summed E-state index contributed by atoms with van der Waals surface area (Å²) in [6.07, 6.45) is 1.35. The molecule has 124 valence electrons. The van der Waals surface area contributed by atoms with Gasteiger partial charge in [-0.05, 0) is 30.2 Å². The molecule has 0 aliphatic carbocycles. The van der Waals surface area contributed by atoms with Gasteiger partial charge in [0.2, 0.25) is 5.91 Å². The van der Waals surface area contributed by atoms with E-state index in [4.69, 9.17) is 0 Å². The Morgan fingerprint density at radius 2 is 1.88 bits per heavy atom. The number of hydrogen-bond donors (Lipinski definition) is 1. The van der Waals surface area contributed by atoms with Gasteiger partial charge < -0.3 is 9.88 Å². The normalized spacial score (nSPS) is 10.9. The smallest absolute Gasteiger partial charge is 0.220 e. The molecule has 5 heteroatoms. The molecule has 0 fully saturated rings. The number of aromatic nitrogens is 2. The molecule has 1 heterocycles. The molecule has 0 unspecified atom stereocenters. The number of imidazole rings is 1. The van der Waals surface area contributed by atoms with E-state index in [2.05, 4.69) is 10.3 Å². The molecule has 24 heavy (non-hydrogen) atoms. The number of carbonyl (C=O) groups excluding carboxylic acids is 1. The first kappa shape index (κ1) is 16.2. The van der Waals surface area contributed by atoms with Gasteiger partial charge in [-0.15, -0.1) is 0 Å². The first-order valence-corrected chi connectivity index (χ1v) is 8.05. The van der Waals surface area contributed by atoms with Crippen LogP contribution in [0.3, 0.4) is 0 Å². The predicted octanol–water partition coefficient (Wildman–Crippen LogP) is 3.00. The van der Waals surface area contributed by atoms with E-state index in [0.29, 0.717) is 24.9 Å². The minimum absolute atomic E-state index is 0.0722. The van der Waals surface area contributed by atoms with E-state index in [0.717, 1.165) is 16.9 Å². The number of nitrogens with zero attached hydrogens (tertiary/aromatic N) is 2. The molecule has 0 bridgehead atoms. The Labute approximate surface area is 140 Å². The Balaban J connectivity index is 1.49. The largest absolute Gasteiger partial charge is 0.356 e. The quantitative estimate of drug-likeness (QED) is 0.757. The first-order valence-electron chi connectivity index (χ1n) is 8.05. The zero-order valence-electron chi connectivity index (χ0n) is 13.6. The Kier molecular flexibility index (Phi) is 4.89. The van der Waals surface area contributed by atoms with Crippen molar-refractivity contribution in [2.45, 2.75) is 19.3 Å². The van der Waals surface area contributed by atoms with Crippen LogP contribution in [0.5, 0.6) is 0 Å². The second kappa shape index (κ2) is 7.25. The van der Waals surface area contributed by atoms with Crippen LogP contribution in [0.1, 0.15) is 17.8 Å². The van der Waals surface area contributed by atoms with Gasteiger partial charge in [0.15, 0.2) is 0 Å². The molecule has 3 rings (SSSR count). The molecule has 2 aromatic carbocycles. The standard InChI is InChI=1S/C19H20FN3O/c1-23-17-9-5-4-8-16(17)22-18(23)12-13-21-19(24)11-10-14-6-2-3-7-15(14)20/h2-9H,10-13H2,1H3,(H,21,24). The van der Waals surface area contributed by atoms with Gasteiger partial charge in [-0.1, -0.05) is 30.3 Å². The molecule has 3 aromatic rings. The van der Waals surface area contributed by atoms with Crippen molar-refractivity contribution >= 4 is 16.9 Å². The lowest BCUT2D eigenvalue weighted by Crippen LogP contribution is -2.26. The van der Waals surface area contributed by atoms with Crippen molar-refractivity contribution in [2.24, 2.45) is 7.05 Å². The van der Waals surface area contributed by atoms with Crippen molar-refractivity contribution in [3.63, 3.8) is 0 Å². The second-order valence-corrected chi connectivity index (χ2v) is 5.77. The number of nitrogens with one attached hydrogen (secondary N) is 1. The third-order valence-corrected chi connectivity index (χ3v) is 4.13. The molecule has 0 aliphatic heterocycles. The predicted molar refractivity (Wildman–Crippen MR) is 92.1 cm³/mol. The van der Waals surface area contributed by atoms with E-state index in [1.165, 1.54) is 6.07 Å². The fourth-order valence-electron chi connectivity index (χ4n) is 2.77. The zero-order chi connectivity index (χ0) is 16.9. The monoisotopic (exact) mass is 325 g/mol. The highest BCUT2D eigenvalue weighted by atomic mass is 19.1. The lowest BCUT2D eigenvalue weighted by molar-refractivity contribution is -0.121. The van der Waals surface area contributed by atoms with Gasteiger partial charge in [0.25, 0.3) is 0 Å². The van der Waals surface area contributed by atoms with E-state index in [-0.39, 0.29) is 18.1 Å². The number of fused-ring (bicyclic) bond motifs is 1. The second-order valence-electron chi connectivity index (χ2n) is 5.77. The number of para-hydroxylation sites is 2. The van der Waals surface area contributed by atoms with Gasteiger partial charge in [0.05, 0.1) is 11.0 Å². The Morgan fingerprint density at radius 1 is 1.12 bits per heavy atom. The van der Waals surface area contributed by atoms with Gasteiger partial charge in [0, 0.05) is 26.4 Å². The minimum Gasteiger partial charge on any atom is -0.356 e. The summed E-state index contributed by atoms with van der Waals surface area (Å²) in [6, 6.07) is 14.5. The fraction of sp³-hybridized carbons (Fsp3) is 0.263. The lowest BCUT2D eigenvalue weighted by atomic mass is 10.1. The zero-order valence-corrected chi connectivity index (χ0v) is 13.6. The summed E-state index contributed by atoms with van der Waals surface area (Å²) in [5, 5.41) is 2.88. The van der Waals surface area contributed by atoms with Crippen molar-refractivity contribution in [1.82, 2.24) is 14.9 Å². The molecule has 1 N–H and O–H groups in total. The van der Waals surface area contributed by atoms with Crippen LogP contribution < -0.4 is 5.32 Å². The maximum atomic E-state index is 13.5. The van der Waals surface area contributed by atoms with E-state index < -0.39 is 0 Å². The summed E-state index contributed by atoms with van der Waals surface area (Å²) in [5.74, 6) is 0.604. The minimum atomic E-state index is -0.259. The topological polar surface area (TPSA) is 46.9 Å². The molecule has 4 nitrogen and oxygen atoms in total. The Bertz CT molecular complexity index is 857. The van der Waals surface area contributed by atoms with Crippen LogP contribution in [-0.4, -0.2) is 22.0 Å². The number of rotatable bonds is 6. The average molecular weight is 325 g/mol. The van der Waals surface area contributed by atoms with E-state index in [1.54, 1.807) is 18.2 Å². The van der Waals surface area contributed by atoms with Crippen LogP contribution in [0.25, 0.3) is 11.0 Å². The van der Waals surface area contributed by atoms with Crippen molar-refractivity contribution in [3.8, 4) is 0 Å². The Morgan fingerprint density at radius 3 is 2.67 bits per heavy atom. The third kappa shape index (κ3) is 3.62. The summed E-state index contributed by atoms with van der Waals surface area (Å²) >= 11 is 0. The Hall–Kier alpha value is -2.69. The average Bonchev–Trinajstić information content (AvgIpc) is 2.91. The third-order valence-electron chi connectivity index (χ3n) is 4.13. The first-order chi connectivity index (χ1) is 11.6. The number of amides is 1. The van der Waals surface area contributed by atoms with Crippen molar-refractivity contribution in [2.75, 3.05) is 6.54 Å². The molecule has 0 saturated carbocycles. The lowest BCUT2D eigenvalue weighted by Gasteiger charge is -2.06. The van der Waals surface area contributed by atoms with Crippen LogP contribution in [0.2, 0.25) is 0 Å². The summed E-state index contributed by atoms with van der Waals surface area (Å²) in [5.41, 5.74) is 2.61. The van der Waals surface area contributed by atoms with Crippen LogP contribution >= 0.6 is 0 Å². The van der Waals surface area contributed by atoms with Crippen molar-refractivity contribution in [3.05, 3.63) is 65.7 Å². The summed E-state index contributed by atoms with van der Waals surface area (Å²) in [7, 11) is 1.98. The van der Waals surface area contributed by atoms with Gasteiger partial charge in [-0.2, -0.15) is 0 Å². The molecule has 0 saturated heterocycles. The maximum Gasteiger partial charge on any atom is 0.220 e. The van der Waals surface area contributed by atoms with Crippen molar-refractivity contribution < 1.29 is 9.18 Å². The highest BCUT2D eigenvalue weighted by molar-refractivity contribution is 5.76. The molecular weight excluding hydrogens is 305 g/mol. The van der Waals surface area contributed by atoms with Gasteiger partial charge >= 0.3 is 0 Å². The van der Waals surface area contributed by atoms with Gasteiger partial charge in [-0.25, -0.2) is 9.37 Å². The van der Waals surface area contributed by atoms with Crippen LogP contribution in [0, 0.1) is 5.82 Å². The van der Waals surface area contributed by atoms with E-state index in [1.807, 2.05) is 35.9 Å². The highest BCUT2D eigenvalue weighted by Gasteiger charge is 2.08. The molecule has 0 radical (unpaired) electrons. The molecule has 1 aromatic heterocycles. The SMILES string of the molecule is Cn1c(CCNC(=O)CCc2ccccc2F)nc2ccccc21. The van der Waals surface area contributed by atoms with Crippen LogP contribution in [0.15, 0.2) is 48.5 Å². The molecule has 1 amide bonds. The molecule has 0 aliphatic rings. The number of halogens is 1. The molecular formula is C19H20FN3O. The maximum absolute atomic E-state index is 13.5. The summed E-state index contributed by atoms with van der Waals surface area (Å²) in [6.45, 7) is 0.521.